The molecule has 5 nitrogen and oxygen atoms in total. The molecule has 132 valence electrons. The smallest absolute Gasteiger partial charge is 0.191 e. The number of hydrogen-bond acceptors (Lipinski definition) is 3. The van der Waals surface area contributed by atoms with E-state index in [0.717, 1.165) is 45.4 Å². The van der Waals surface area contributed by atoms with Gasteiger partial charge in [-0.1, -0.05) is 13.8 Å². The second-order valence-corrected chi connectivity index (χ2v) is 7.05. The molecule has 0 amide bonds. The van der Waals surface area contributed by atoms with Gasteiger partial charge in [-0.05, 0) is 33.6 Å². The zero-order valence-electron chi connectivity index (χ0n) is 15.1. The predicted molar refractivity (Wildman–Crippen MR) is 105 cm³/mol. The van der Waals surface area contributed by atoms with Crippen LogP contribution >= 0.6 is 24.0 Å². The topological polar surface area (TPSA) is 48.9 Å². The van der Waals surface area contributed by atoms with Gasteiger partial charge in [0.15, 0.2) is 5.96 Å². The van der Waals surface area contributed by atoms with Gasteiger partial charge in [-0.15, -0.1) is 24.0 Å². The molecule has 2 N–H and O–H groups in total. The molecule has 0 spiro atoms. The van der Waals surface area contributed by atoms with Crippen LogP contribution in [0.25, 0.3) is 0 Å². The third-order valence-corrected chi connectivity index (χ3v) is 3.56. The van der Waals surface area contributed by atoms with Crippen molar-refractivity contribution in [1.29, 1.82) is 0 Å². The van der Waals surface area contributed by atoms with Crippen molar-refractivity contribution in [2.24, 2.45) is 10.9 Å². The Morgan fingerprint density at radius 3 is 2.27 bits per heavy atom. The minimum atomic E-state index is 0. The fraction of sp³-hybridized carbons (Fsp3) is 0.938. The lowest BCUT2D eigenvalue weighted by atomic mass is 10.0. The molecule has 0 aliphatic carbocycles. The van der Waals surface area contributed by atoms with Crippen molar-refractivity contribution in [3.8, 4) is 0 Å². The number of aliphatic imine (C=N–C) groups is 1. The van der Waals surface area contributed by atoms with Gasteiger partial charge in [0, 0.05) is 31.2 Å². The van der Waals surface area contributed by atoms with Gasteiger partial charge in [0.2, 0.25) is 0 Å². The van der Waals surface area contributed by atoms with Gasteiger partial charge >= 0.3 is 0 Å². The Bertz CT molecular complexity index is 323. The maximum atomic E-state index is 5.46. The Morgan fingerprint density at radius 2 is 1.82 bits per heavy atom. The lowest BCUT2D eigenvalue weighted by molar-refractivity contribution is 0.00867. The molecule has 0 aromatic rings. The SMILES string of the molecule is CCNC(=NCC(C(C)C)N1CCOCC1)NC(C)(C)C.I. The fourth-order valence-electron chi connectivity index (χ4n) is 2.50. The van der Waals surface area contributed by atoms with Crippen LogP contribution in [0.15, 0.2) is 4.99 Å². The highest BCUT2D eigenvalue weighted by molar-refractivity contribution is 14.0. The monoisotopic (exact) mass is 426 g/mol. The summed E-state index contributed by atoms with van der Waals surface area (Å²) < 4.78 is 5.46. The first-order valence-electron chi connectivity index (χ1n) is 8.21. The van der Waals surface area contributed by atoms with Gasteiger partial charge in [-0.3, -0.25) is 9.89 Å². The van der Waals surface area contributed by atoms with Gasteiger partial charge in [-0.25, -0.2) is 0 Å². The number of morpholine rings is 1. The molecule has 1 aliphatic rings. The lowest BCUT2D eigenvalue weighted by Crippen LogP contribution is -2.50. The van der Waals surface area contributed by atoms with E-state index < -0.39 is 0 Å². The minimum Gasteiger partial charge on any atom is -0.379 e. The van der Waals surface area contributed by atoms with Crippen molar-refractivity contribution in [3.05, 3.63) is 0 Å². The third-order valence-electron chi connectivity index (χ3n) is 3.56. The van der Waals surface area contributed by atoms with Crippen LogP contribution in [0.2, 0.25) is 0 Å². The van der Waals surface area contributed by atoms with Crippen LogP contribution in [-0.2, 0) is 4.74 Å². The molecule has 1 saturated heterocycles. The zero-order chi connectivity index (χ0) is 15.9. The van der Waals surface area contributed by atoms with Crippen molar-refractivity contribution < 1.29 is 4.74 Å². The second-order valence-electron chi connectivity index (χ2n) is 7.05. The van der Waals surface area contributed by atoms with Crippen LogP contribution in [0.1, 0.15) is 41.5 Å². The maximum Gasteiger partial charge on any atom is 0.191 e. The molecule has 22 heavy (non-hydrogen) atoms. The Kier molecular flexibility index (Phi) is 10.6. The van der Waals surface area contributed by atoms with Gasteiger partial charge < -0.3 is 15.4 Å². The van der Waals surface area contributed by atoms with Crippen molar-refractivity contribution in [2.45, 2.75) is 53.1 Å². The number of halogens is 1. The molecule has 1 aliphatic heterocycles. The highest BCUT2D eigenvalue weighted by atomic mass is 127. The summed E-state index contributed by atoms with van der Waals surface area (Å²) in [6.45, 7) is 18.5. The van der Waals surface area contributed by atoms with Crippen molar-refractivity contribution >= 4 is 29.9 Å². The standard InChI is InChI=1S/C16H34N4O.HI/c1-7-17-15(19-16(4,5)6)18-12-14(13(2)3)20-8-10-21-11-9-20;/h13-14H,7-12H2,1-6H3,(H2,17,18,19);1H. The summed E-state index contributed by atoms with van der Waals surface area (Å²) in [6, 6.07) is 0.476. The fourth-order valence-corrected chi connectivity index (χ4v) is 2.50. The van der Waals surface area contributed by atoms with Gasteiger partial charge in [0.25, 0.3) is 0 Å². The quantitative estimate of drug-likeness (QED) is 0.403. The van der Waals surface area contributed by atoms with Crippen LogP contribution in [0.5, 0.6) is 0 Å². The van der Waals surface area contributed by atoms with E-state index in [2.05, 4.69) is 57.1 Å². The van der Waals surface area contributed by atoms with Gasteiger partial charge in [0.05, 0.1) is 19.8 Å². The number of nitrogens with zero attached hydrogens (tertiary/aromatic N) is 2. The predicted octanol–water partition coefficient (Wildman–Crippen LogP) is 2.31. The molecular weight excluding hydrogens is 391 g/mol. The van der Waals surface area contributed by atoms with Crippen LogP contribution in [0, 0.1) is 5.92 Å². The molecule has 1 fully saturated rings. The average Bonchev–Trinajstić information content (AvgIpc) is 2.38. The number of hydrogen-bond donors (Lipinski definition) is 2. The van der Waals surface area contributed by atoms with Crippen molar-refractivity contribution in [2.75, 3.05) is 39.4 Å². The Balaban J connectivity index is 0.00000441. The van der Waals surface area contributed by atoms with Crippen molar-refractivity contribution in [3.63, 3.8) is 0 Å². The number of nitrogens with one attached hydrogen (secondary N) is 2. The first-order chi connectivity index (χ1) is 9.83. The molecule has 1 atom stereocenters. The molecular formula is C16H35IN4O. The molecule has 1 rings (SSSR count). The molecule has 1 unspecified atom stereocenters. The van der Waals surface area contributed by atoms with E-state index >= 15 is 0 Å². The minimum absolute atomic E-state index is 0. The Labute approximate surface area is 153 Å². The van der Waals surface area contributed by atoms with Crippen LogP contribution in [-0.4, -0.2) is 61.8 Å². The zero-order valence-corrected chi connectivity index (χ0v) is 17.4. The highest BCUT2D eigenvalue weighted by Crippen LogP contribution is 2.13. The molecule has 0 aromatic heterocycles. The van der Waals surface area contributed by atoms with Crippen LogP contribution in [0.4, 0.5) is 0 Å². The number of rotatable bonds is 5. The summed E-state index contributed by atoms with van der Waals surface area (Å²) >= 11 is 0. The summed E-state index contributed by atoms with van der Waals surface area (Å²) in [5, 5.41) is 6.78. The van der Waals surface area contributed by atoms with Crippen molar-refractivity contribution in [1.82, 2.24) is 15.5 Å². The molecule has 1 heterocycles. The van der Waals surface area contributed by atoms with E-state index in [0.29, 0.717) is 12.0 Å². The van der Waals surface area contributed by atoms with E-state index in [4.69, 9.17) is 9.73 Å². The van der Waals surface area contributed by atoms with Crippen LogP contribution in [0.3, 0.4) is 0 Å². The Morgan fingerprint density at radius 1 is 1.23 bits per heavy atom. The van der Waals surface area contributed by atoms with Crippen LogP contribution < -0.4 is 10.6 Å². The maximum absolute atomic E-state index is 5.46. The summed E-state index contributed by atoms with van der Waals surface area (Å²) in [5.41, 5.74) is 0.0211. The summed E-state index contributed by atoms with van der Waals surface area (Å²) in [7, 11) is 0. The summed E-state index contributed by atoms with van der Waals surface area (Å²) in [4.78, 5) is 7.32. The summed E-state index contributed by atoms with van der Waals surface area (Å²) in [6.07, 6.45) is 0. The molecule has 0 bridgehead atoms. The largest absolute Gasteiger partial charge is 0.379 e. The van der Waals surface area contributed by atoms with Gasteiger partial charge in [0.1, 0.15) is 0 Å². The van der Waals surface area contributed by atoms with E-state index in [1.807, 2.05) is 0 Å². The lowest BCUT2D eigenvalue weighted by Gasteiger charge is -2.36. The van der Waals surface area contributed by atoms with E-state index in [-0.39, 0.29) is 29.5 Å². The molecule has 0 saturated carbocycles. The average molecular weight is 426 g/mol. The highest BCUT2D eigenvalue weighted by Gasteiger charge is 2.23. The summed E-state index contributed by atoms with van der Waals surface area (Å²) in [5.74, 6) is 1.49. The number of ether oxygens (including phenoxy) is 1. The van der Waals surface area contributed by atoms with E-state index in [1.54, 1.807) is 0 Å². The molecule has 6 heteroatoms. The second kappa shape index (κ2) is 10.6. The Hall–Kier alpha value is -0.0800. The van der Waals surface area contributed by atoms with E-state index in [9.17, 15) is 0 Å². The normalized spacial score (nSPS) is 18.8. The number of guanidine groups is 1. The molecule has 0 aromatic carbocycles. The first-order valence-corrected chi connectivity index (χ1v) is 8.21. The first kappa shape index (κ1) is 21.9. The van der Waals surface area contributed by atoms with E-state index in [1.165, 1.54) is 0 Å². The van der Waals surface area contributed by atoms with Gasteiger partial charge in [-0.2, -0.15) is 0 Å². The third kappa shape index (κ3) is 8.53. The molecule has 0 radical (unpaired) electrons.